The molecule has 2 nitrogen and oxygen atoms in total. The van der Waals surface area contributed by atoms with Crippen LogP contribution in [0.1, 0.15) is 138 Å². The van der Waals surface area contributed by atoms with Crippen LogP contribution in [0, 0.1) is 69.0 Å². The fraction of sp³-hybridized carbons (Fsp3) is 0.825. The van der Waals surface area contributed by atoms with Crippen LogP contribution < -0.4 is 0 Å². The van der Waals surface area contributed by atoms with Gasteiger partial charge in [-0.3, -0.25) is 4.79 Å². The molecule has 0 aliphatic heterocycles. The Bertz CT molecular complexity index is 1210. The summed E-state index contributed by atoms with van der Waals surface area (Å²) >= 11 is 4.24. The van der Waals surface area contributed by atoms with Gasteiger partial charge in [0.05, 0.1) is 5.76 Å². The Morgan fingerprint density at radius 1 is 0.614 bits per heavy atom. The average Bonchev–Trinajstić information content (AvgIpc) is 3.49. The van der Waals surface area contributed by atoms with Crippen molar-refractivity contribution < 1.29 is 9.90 Å². The third-order valence-corrected chi connectivity index (χ3v) is 15.9. The van der Waals surface area contributed by atoms with Crippen LogP contribution in [0.5, 0.6) is 0 Å². The molecule has 0 aromatic heterocycles. The third kappa shape index (κ3) is 5.29. The van der Waals surface area contributed by atoms with Gasteiger partial charge in [0.25, 0.3) is 0 Å². The fourth-order valence-corrected chi connectivity index (χ4v) is 13.0. The molecule has 0 bridgehead atoms. The highest BCUT2D eigenvalue weighted by Crippen LogP contribution is 2.66. The highest BCUT2D eigenvalue weighted by molar-refractivity contribution is 15.0. The molecule has 0 radical (unpaired) electrons. The van der Waals surface area contributed by atoms with Gasteiger partial charge in [-0.2, -0.15) is 0 Å². The van der Waals surface area contributed by atoms with Crippen molar-refractivity contribution in [2.75, 3.05) is 0 Å². The molecule has 0 amide bonds. The number of halogens is 2. The Balaban J connectivity index is 0.000000148. The van der Waals surface area contributed by atoms with Crippen LogP contribution in [-0.2, 0) is 4.79 Å². The second kappa shape index (κ2) is 12.6. The molecule has 0 heterocycles. The summed E-state index contributed by atoms with van der Waals surface area (Å²) in [6, 6.07) is 0. The third-order valence-electron chi connectivity index (χ3n) is 15.9. The monoisotopic (exact) mass is 826 g/mol. The minimum Gasteiger partial charge on any atom is -0.512 e. The number of aliphatic hydroxyl groups is 1. The summed E-state index contributed by atoms with van der Waals surface area (Å²) in [7, 11) is 0. The van der Waals surface area contributed by atoms with E-state index >= 15 is 0 Å². The van der Waals surface area contributed by atoms with Gasteiger partial charge in [-0.15, -0.1) is 0 Å². The van der Waals surface area contributed by atoms with Gasteiger partial charge in [0, 0.05) is 54.5 Å². The van der Waals surface area contributed by atoms with Crippen LogP contribution in [0.25, 0.3) is 0 Å². The van der Waals surface area contributed by atoms with E-state index in [1.807, 2.05) is 0 Å². The second-order valence-corrected chi connectivity index (χ2v) is 17.9. The summed E-state index contributed by atoms with van der Waals surface area (Å²) in [6.07, 6.45) is 26.2. The molecule has 0 saturated heterocycles. The van der Waals surface area contributed by atoms with Crippen molar-refractivity contribution in [2.24, 2.45) is 69.0 Å². The smallest absolute Gasteiger partial charge is 0.139 e. The largest absolute Gasteiger partial charge is 0.512 e. The van der Waals surface area contributed by atoms with Crippen molar-refractivity contribution in [3.05, 3.63) is 35.1 Å². The first-order chi connectivity index (χ1) is 20.9. The van der Waals surface area contributed by atoms with E-state index in [2.05, 4.69) is 97.0 Å². The molecule has 8 rings (SSSR count). The number of ketones is 1. The maximum absolute atomic E-state index is 12.4. The Kier molecular flexibility index (Phi) is 9.71. The van der Waals surface area contributed by atoms with E-state index < -0.39 is 0 Å². The molecular formula is C40H60I2O2. The fourth-order valence-electron chi connectivity index (χ4n) is 13.0. The topological polar surface area (TPSA) is 37.3 Å². The predicted molar refractivity (Wildman–Crippen MR) is 201 cm³/mol. The minimum atomic E-state index is 0.0326. The summed E-state index contributed by atoms with van der Waals surface area (Å²) < 4.78 is 0. The maximum Gasteiger partial charge on any atom is 0.139 e. The zero-order chi connectivity index (χ0) is 31.7. The molecule has 5 fully saturated rings. The first kappa shape index (κ1) is 34.0. The van der Waals surface area contributed by atoms with E-state index in [0.29, 0.717) is 34.2 Å². The number of Topliss-reactive ketones (excluding diaryl/α,β-unsaturated/α-hetero) is 1. The Morgan fingerprint density at radius 3 is 1.61 bits per heavy atom. The molecule has 1 N–H and O–H groups in total. The number of fused-ring (bicyclic) bond motifs is 10. The summed E-state index contributed by atoms with van der Waals surface area (Å²) in [5.74, 6) is 7.70. The molecule has 8 aliphatic rings. The molecule has 44 heavy (non-hydrogen) atoms. The molecule has 4 heteroatoms. The molecule has 8 aliphatic carbocycles. The van der Waals surface area contributed by atoms with E-state index in [4.69, 9.17) is 0 Å². The van der Waals surface area contributed by atoms with Crippen molar-refractivity contribution in [1.82, 2.24) is 0 Å². The quantitative estimate of drug-likeness (QED) is 0.195. The summed E-state index contributed by atoms with van der Waals surface area (Å²) in [6.45, 7) is 14.6. The van der Waals surface area contributed by atoms with Gasteiger partial charge >= 0.3 is 0 Å². The van der Waals surface area contributed by atoms with Crippen molar-refractivity contribution in [2.45, 2.75) is 138 Å². The van der Waals surface area contributed by atoms with E-state index in [1.54, 1.807) is 11.1 Å². The van der Waals surface area contributed by atoms with Gasteiger partial charge in [-0.05, 0) is 154 Å². The lowest BCUT2D eigenvalue weighted by Gasteiger charge is -2.57. The predicted octanol–water partition coefficient (Wildman–Crippen LogP) is 12.6. The lowest BCUT2D eigenvalue weighted by molar-refractivity contribution is -0.131. The highest BCUT2D eigenvalue weighted by atomic mass is 128. The Hall–Kier alpha value is 0.150. The average molecular weight is 827 g/mol. The SMILES string of the molecule is C[C@H]1CC[C@@]2(C)C(=CCC3C2CC[C@]2(C)C(=O)CCC32)C1.C[C@H]1CC[C@@]2(C)C(=CCC3C2CC[C@]2(C)C(O)=CCC32)C1.II. The van der Waals surface area contributed by atoms with Crippen LogP contribution >= 0.6 is 37.2 Å². The first-order valence-corrected chi connectivity index (χ1v) is 24.6. The van der Waals surface area contributed by atoms with Gasteiger partial charge in [0.2, 0.25) is 0 Å². The van der Waals surface area contributed by atoms with Crippen LogP contribution in [0.3, 0.4) is 0 Å². The lowest BCUT2D eigenvalue weighted by atomic mass is 9.47. The number of aliphatic hydroxyl groups excluding tert-OH is 1. The number of rotatable bonds is 0. The van der Waals surface area contributed by atoms with Crippen LogP contribution in [-0.4, -0.2) is 10.9 Å². The number of hydrogen-bond donors (Lipinski definition) is 1. The Labute approximate surface area is 292 Å². The first-order valence-electron chi connectivity index (χ1n) is 18.4. The molecule has 5 saturated carbocycles. The van der Waals surface area contributed by atoms with Gasteiger partial charge in [-0.1, -0.05) is 64.8 Å². The molecule has 0 aromatic rings. The van der Waals surface area contributed by atoms with Crippen molar-refractivity contribution in [1.29, 1.82) is 0 Å². The van der Waals surface area contributed by atoms with Crippen molar-refractivity contribution in [3.8, 4) is 0 Å². The van der Waals surface area contributed by atoms with E-state index in [-0.39, 0.29) is 10.8 Å². The van der Waals surface area contributed by atoms with Crippen LogP contribution in [0.4, 0.5) is 0 Å². The van der Waals surface area contributed by atoms with Crippen molar-refractivity contribution >= 4 is 43.0 Å². The minimum absolute atomic E-state index is 0.0326. The van der Waals surface area contributed by atoms with E-state index in [9.17, 15) is 9.90 Å². The second-order valence-electron chi connectivity index (χ2n) is 17.9. The van der Waals surface area contributed by atoms with Crippen LogP contribution in [0.2, 0.25) is 0 Å². The zero-order valence-electron chi connectivity index (χ0n) is 28.6. The van der Waals surface area contributed by atoms with Gasteiger partial charge in [-0.25, -0.2) is 0 Å². The molecule has 0 spiro atoms. The number of carbonyl (C=O) groups excluding carboxylic acids is 1. The highest BCUT2D eigenvalue weighted by Gasteiger charge is 2.59. The standard InChI is InChI=1S/2C20H30O.I2/c2*1-13-8-10-19(2)14(12-13)4-5-15-16-6-7-18(21)20(16,3)11-9-17(15)19;1-2/h4,13,15-17H,5-12H2,1-3H3;4,7,13,15-17,21H,5-6,8-12H2,1-3H3;/t2*13-,15?,16?,17?,19-,20-;/m00./s1. The molecule has 12 atom stereocenters. The summed E-state index contributed by atoms with van der Waals surface area (Å²) in [5, 5.41) is 10.4. The van der Waals surface area contributed by atoms with E-state index in [1.165, 1.54) is 77.0 Å². The van der Waals surface area contributed by atoms with Gasteiger partial charge in [0.1, 0.15) is 5.78 Å². The molecule has 6 unspecified atom stereocenters. The molecule has 0 aromatic carbocycles. The van der Waals surface area contributed by atoms with Crippen molar-refractivity contribution in [3.63, 3.8) is 0 Å². The Morgan fingerprint density at radius 2 is 1.07 bits per heavy atom. The van der Waals surface area contributed by atoms with Gasteiger partial charge < -0.3 is 5.11 Å². The maximum atomic E-state index is 12.4. The number of carbonyl (C=O) groups is 1. The number of allylic oxidation sites excluding steroid dienone is 6. The molecular weight excluding hydrogens is 766 g/mol. The van der Waals surface area contributed by atoms with Gasteiger partial charge in [0.15, 0.2) is 0 Å². The summed E-state index contributed by atoms with van der Waals surface area (Å²) in [5.41, 5.74) is 4.60. The summed E-state index contributed by atoms with van der Waals surface area (Å²) in [4.78, 5) is 12.4. The zero-order valence-corrected chi connectivity index (χ0v) is 32.9. The molecule has 246 valence electrons. The lowest BCUT2D eigenvalue weighted by Crippen LogP contribution is -2.50. The normalized spacial score (nSPS) is 50.3. The van der Waals surface area contributed by atoms with E-state index in [0.717, 1.165) is 54.8 Å². The number of hydrogen-bond acceptors (Lipinski definition) is 2. The van der Waals surface area contributed by atoms with Crippen LogP contribution in [0.15, 0.2) is 35.1 Å².